The number of benzene rings is 3. The summed E-state index contributed by atoms with van der Waals surface area (Å²) < 4.78 is 38.2. The minimum Gasteiger partial charge on any atom is -0.495 e. The first-order valence-corrected chi connectivity index (χ1v) is 12.1. The number of carbonyl (C=O) groups is 2. The van der Waals surface area contributed by atoms with Crippen LogP contribution in [0.25, 0.3) is 0 Å². The van der Waals surface area contributed by atoms with E-state index in [1.54, 1.807) is 24.3 Å². The van der Waals surface area contributed by atoms with Crippen LogP contribution in [0.2, 0.25) is 0 Å². The van der Waals surface area contributed by atoms with Gasteiger partial charge in [-0.2, -0.15) is 0 Å². The molecule has 0 aromatic heterocycles. The van der Waals surface area contributed by atoms with E-state index < -0.39 is 28.5 Å². The number of esters is 1. The maximum Gasteiger partial charge on any atom is 0.338 e. The number of anilines is 1. The zero-order valence-electron chi connectivity index (χ0n) is 18.7. The Kier molecular flexibility index (Phi) is 8.64. The van der Waals surface area contributed by atoms with Gasteiger partial charge in [-0.25, -0.2) is 13.2 Å². The Morgan fingerprint density at radius 1 is 0.912 bits per heavy atom. The van der Waals surface area contributed by atoms with E-state index in [-0.39, 0.29) is 16.1 Å². The molecule has 34 heavy (non-hydrogen) atoms. The summed E-state index contributed by atoms with van der Waals surface area (Å²) in [4.78, 5) is 24.2. The lowest BCUT2D eigenvalue weighted by Crippen LogP contribution is -2.29. The number of para-hydroxylation sites is 2. The zero-order chi connectivity index (χ0) is 24.4. The zero-order valence-corrected chi connectivity index (χ0v) is 19.5. The molecule has 8 nitrogen and oxygen atoms in total. The summed E-state index contributed by atoms with van der Waals surface area (Å²) in [5, 5.41) is 2.70. The van der Waals surface area contributed by atoms with Gasteiger partial charge >= 0.3 is 5.97 Å². The van der Waals surface area contributed by atoms with Gasteiger partial charge in [-0.15, -0.1) is 0 Å². The molecule has 0 aliphatic rings. The van der Waals surface area contributed by atoms with Crippen LogP contribution in [-0.2, 0) is 26.0 Å². The van der Waals surface area contributed by atoms with Gasteiger partial charge in [0.25, 0.3) is 15.9 Å². The van der Waals surface area contributed by atoms with Crippen LogP contribution >= 0.6 is 0 Å². The van der Waals surface area contributed by atoms with Gasteiger partial charge in [0.05, 0.1) is 23.3 Å². The second kappa shape index (κ2) is 11.9. The first kappa shape index (κ1) is 24.8. The highest BCUT2D eigenvalue weighted by atomic mass is 32.2. The van der Waals surface area contributed by atoms with Crippen LogP contribution in [0.5, 0.6) is 5.75 Å². The van der Waals surface area contributed by atoms with Gasteiger partial charge in [0, 0.05) is 6.54 Å². The number of rotatable bonds is 11. The molecular weight excluding hydrogens is 456 g/mol. The highest BCUT2D eigenvalue weighted by Crippen LogP contribution is 2.26. The van der Waals surface area contributed by atoms with Crippen molar-refractivity contribution in [3.63, 3.8) is 0 Å². The van der Waals surface area contributed by atoms with E-state index >= 15 is 0 Å². The molecule has 0 spiro atoms. The van der Waals surface area contributed by atoms with Gasteiger partial charge in [-0.1, -0.05) is 48.5 Å². The lowest BCUT2D eigenvalue weighted by atomic mass is 10.1. The van der Waals surface area contributed by atoms with E-state index in [0.717, 1.165) is 12.8 Å². The Hall–Kier alpha value is -3.85. The Labute approximate surface area is 199 Å². The first-order chi connectivity index (χ1) is 16.4. The van der Waals surface area contributed by atoms with Crippen molar-refractivity contribution in [2.45, 2.75) is 17.7 Å². The molecular formula is C25H26N2O6S. The summed E-state index contributed by atoms with van der Waals surface area (Å²) >= 11 is 0. The third kappa shape index (κ3) is 7.08. The standard InChI is InChI=1S/C25H26N2O6S/c1-32-23-15-6-5-14-22(23)27-34(30,31)21-13-7-12-20(17-21)25(29)33-18-24(28)26-16-8-11-19-9-3-2-4-10-19/h2-7,9-10,12-15,17,27H,8,11,16,18H2,1H3,(H,26,28). The van der Waals surface area contributed by atoms with Crippen LogP contribution in [0.1, 0.15) is 22.3 Å². The summed E-state index contributed by atoms with van der Waals surface area (Å²) in [6.07, 6.45) is 1.58. The van der Waals surface area contributed by atoms with Crippen molar-refractivity contribution < 1.29 is 27.5 Å². The van der Waals surface area contributed by atoms with Gasteiger partial charge in [0.2, 0.25) is 0 Å². The van der Waals surface area contributed by atoms with Gasteiger partial charge in [0.1, 0.15) is 5.75 Å². The molecule has 0 unspecified atom stereocenters. The summed E-state index contributed by atoms with van der Waals surface area (Å²) in [6, 6.07) is 21.9. The number of aryl methyl sites for hydroxylation is 1. The molecule has 0 aliphatic heterocycles. The number of ether oxygens (including phenoxy) is 2. The van der Waals surface area contributed by atoms with E-state index in [9.17, 15) is 18.0 Å². The first-order valence-electron chi connectivity index (χ1n) is 10.6. The van der Waals surface area contributed by atoms with Crippen molar-refractivity contribution in [1.29, 1.82) is 0 Å². The molecule has 3 aromatic rings. The summed E-state index contributed by atoms with van der Waals surface area (Å²) in [6.45, 7) is -0.00572. The van der Waals surface area contributed by atoms with Crippen molar-refractivity contribution in [3.05, 3.63) is 90.0 Å². The minimum absolute atomic E-state index is 0.0137. The smallest absolute Gasteiger partial charge is 0.338 e. The van der Waals surface area contributed by atoms with Gasteiger partial charge in [-0.3, -0.25) is 9.52 Å². The van der Waals surface area contributed by atoms with E-state index in [4.69, 9.17) is 9.47 Å². The van der Waals surface area contributed by atoms with Crippen molar-refractivity contribution in [1.82, 2.24) is 5.32 Å². The molecule has 0 atom stereocenters. The average Bonchev–Trinajstić information content (AvgIpc) is 2.86. The minimum atomic E-state index is -3.99. The monoisotopic (exact) mass is 482 g/mol. The Morgan fingerprint density at radius 2 is 1.65 bits per heavy atom. The van der Waals surface area contributed by atoms with Crippen LogP contribution in [0.3, 0.4) is 0 Å². The van der Waals surface area contributed by atoms with E-state index in [1.807, 2.05) is 30.3 Å². The number of hydrogen-bond acceptors (Lipinski definition) is 6. The second-order valence-corrected chi connectivity index (χ2v) is 9.03. The Morgan fingerprint density at radius 3 is 2.41 bits per heavy atom. The maximum absolute atomic E-state index is 12.8. The van der Waals surface area contributed by atoms with E-state index in [1.165, 1.54) is 36.9 Å². The van der Waals surface area contributed by atoms with E-state index in [0.29, 0.717) is 12.3 Å². The number of carbonyl (C=O) groups excluding carboxylic acids is 2. The maximum atomic E-state index is 12.8. The van der Waals surface area contributed by atoms with Crippen molar-refractivity contribution in [3.8, 4) is 5.75 Å². The quantitative estimate of drug-likeness (QED) is 0.320. The van der Waals surface area contributed by atoms with Crippen LogP contribution in [-0.4, -0.2) is 40.6 Å². The number of methoxy groups -OCH3 is 1. The summed E-state index contributed by atoms with van der Waals surface area (Å²) in [5.74, 6) is -0.867. The third-order valence-corrected chi connectivity index (χ3v) is 6.24. The van der Waals surface area contributed by atoms with Crippen LogP contribution in [0.15, 0.2) is 83.8 Å². The fourth-order valence-corrected chi connectivity index (χ4v) is 4.27. The van der Waals surface area contributed by atoms with Crippen LogP contribution in [0, 0.1) is 0 Å². The Bertz CT molecular complexity index is 1230. The van der Waals surface area contributed by atoms with Crippen molar-refractivity contribution >= 4 is 27.6 Å². The molecule has 2 N–H and O–H groups in total. The molecule has 0 fully saturated rings. The third-order valence-electron chi connectivity index (χ3n) is 4.87. The number of hydrogen-bond donors (Lipinski definition) is 2. The second-order valence-electron chi connectivity index (χ2n) is 7.35. The summed E-state index contributed by atoms with van der Waals surface area (Å²) in [5.41, 5.74) is 1.46. The molecule has 0 saturated heterocycles. The molecule has 9 heteroatoms. The number of amides is 1. The van der Waals surface area contributed by atoms with Gasteiger partial charge in [-0.05, 0) is 48.7 Å². The predicted molar refractivity (Wildman–Crippen MR) is 128 cm³/mol. The molecule has 0 aliphatic carbocycles. The largest absolute Gasteiger partial charge is 0.495 e. The Balaban J connectivity index is 1.52. The van der Waals surface area contributed by atoms with Gasteiger partial charge in [0.15, 0.2) is 6.61 Å². The highest BCUT2D eigenvalue weighted by Gasteiger charge is 2.19. The molecule has 0 bridgehead atoms. The molecule has 0 heterocycles. The molecule has 178 valence electrons. The normalized spacial score (nSPS) is 10.9. The van der Waals surface area contributed by atoms with E-state index in [2.05, 4.69) is 10.0 Å². The summed E-state index contributed by atoms with van der Waals surface area (Å²) in [7, 11) is -2.55. The molecule has 3 rings (SSSR count). The number of nitrogens with one attached hydrogen (secondary N) is 2. The average molecular weight is 483 g/mol. The highest BCUT2D eigenvalue weighted by molar-refractivity contribution is 7.92. The van der Waals surface area contributed by atoms with Crippen molar-refractivity contribution in [2.75, 3.05) is 25.0 Å². The molecule has 1 amide bonds. The molecule has 3 aromatic carbocycles. The lowest BCUT2D eigenvalue weighted by molar-refractivity contribution is -0.124. The lowest BCUT2D eigenvalue weighted by Gasteiger charge is -2.12. The van der Waals surface area contributed by atoms with Gasteiger partial charge < -0.3 is 14.8 Å². The van der Waals surface area contributed by atoms with Crippen molar-refractivity contribution in [2.24, 2.45) is 0 Å². The predicted octanol–water partition coefficient (Wildman–Crippen LogP) is 3.40. The van der Waals surface area contributed by atoms with Crippen LogP contribution in [0.4, 0.5) is 5.69 Å². The molecule has 0 radical (unpaired) electrons. The number of sulfonamides is 1. The topological polar surface area (TPSA) is 111 Å². The van der Waals surface area contributed by atoms with Crippen LogP contribution < -0.4 is 14.8 Å². The fourth-order valence-electron chi connectivity index (χ4n) is 3.15. The SMILES string of the molecule is COc1ccccc1NS(=O)(=O)c1cccc(C(=O)OCC(=O)NCCCc2ccccc2)c1. The fraction of sp³-hybridized carbons (Fsp3) is 0.200. The molecule has 0 saturated carbocycles.